The Labute approximate surface area is 126 Å². The van der Waals surface area contributed by atoms with Crippen molar-refractivity contribution in [3.8, 4) is 0 Å². The number of anilines is 1. The molecule has 0 saturated carbocycles. The molecule has 0 bridgehead atoms. The molecule has 0 unspecified atom stereocenters. The molecule has 1 aromatic carbocycles. The highest BCUT2D eigenvalue weighted by atomic mass is 19.1. The molecule has 0 aliphatic heterocycles. The number of carbonyl (C=O) groups excluding carboxylic acids is 1. The predicted molar refractivity (Wildman–Crippen MR) is 76.6 cm³/mol. The van der Waals surface area contributed by atoms with Crippen LogP contribution in [-0.2, 0) is 11.3 Å². The third-order valence-electron chi connectivity index (χ3n) is 2.77. The predicted octanol–water partition coefficient (Wildman–Crippen LogP) is 2.63. The molecule has 7 nitrogen and oxygen atoms in total. The van der Waals surface area contributed by atoms with Gasteiger partial charge in [-0.2, -0.15) is 4.98 Å². The summed E-state index contributed by atoms with van der Waals surface area (Å²) in [5.41, 5.74) is 0.482. The van der Waals surface area contributed by atoms with E-state index >= 15 is 0 Å². The Morgan fingerprint density at radius 3 is 2.82 bits per heavy atom. The molecule has 2 N–H and O–H groups in total. The lowest BCUT2D eigenvalue weighted by atomic mass is 10.3. The highest BCUT2D eigenvalue weighted by molar-refractivity contribution is 5.89. The van der Waals surface area contributed by atoms with Gasteiger partial charge in [-0.1, -0.05) is 5.16 Å². The highest BCUT2D eigenvalue weighted by Gasteiger charge is 2.14. The van der Waals surface area contributed by atoms with E-state index in [4.69, 9.17) is 9.26 Å². The third-order valence-corrected chi connectivity index (χ3v) is 2.77. The molecule has 0 aliphatic rings. The summed E-state index contributed by atoms with van der Waals surface area (Å²) < 4.78 is 23.1. The maximum absolute atomic E-state index is 12.7. The molecule has 0 aliphatic carbocycles. The number of hydrogen-bond acceptors (Lipinski definition) is 5. The number of nitrogens with one attached hydrogen (secondary N) is 2. The molecule has 22 heavy (non-hydrogen) atoms. The number of nitrogens with zero attached hydrogens (tertiary/aromatic N) is 2. The zero-order valence-electron chi connectivity index (χ0n) is 12.3. The monoisotopic (exact) mass is 308 g/mol. The van der Waals surface area contributed by atoms with Crippen LogP contribution < -0.4 is 10.6 Å². The number of amides is 2. The fourth-order valence-corrected chi connectivity index (χ4v) is 1.69. The molecule has 0 radical (unpaired) electrons. The summed E-state index contributed by atoms with van der Waals surface area (Å²) in [7, 11) is 0. The Morgan fingerprint density at radius 1 is 1.41 bits per heavy atom. The topological polar surface area (TPSA) is 89.3 Å². The van der Waals surface area contributed by atoms with E-state index in [0.29, 0.717) is 18.1 Å². The summed E-state index contributed by atoms with van der Waals surface area (Å²) >= 11 is 0. The van der Waals surface area contributed by atoms with Gasteiger partial charge in [0.15, 0.2) is 5.82 Å². The third kappa shape index (κ3) is 4.52. The fraction of sp³-hybridized carbons (Fsp3) is 0.357. The molecular formula is C14H17FN4O3. The van der Waals surface area contributed by atoms with Gasteiger partial charge in [0.2, 0.25) is 5.89 Å². The van der Waals surface area contributed by atoms with Gasteiger partial charge in [0, 0.05) is 12.3 Å². The standard InChI is InChI=1S/C14H17FN4O3/c1-3-21-9(2)13-18-12(22-19-13)8-16-14(20)17-11-6-4-10(15)5-7-11/h4-7,9H,3,8H2,1-2H3,(H2,16,17,20)/t9-/m0/s1. The van der Waals surface area contributed by atoms with Gasteiger partial charge >= 0.3 is 6.03 Å². The van der Waals surface area contributed by atoms with Gasteiger partial charge in [-0.3, -0.25) is 0 Å². The van der Waals surface area contributed by atoms with Crippen LogP contribution in [0.2, 0.25) is 0 Å². The molecular weight excluding hydrogens is 291 g/mol. The summed E-state index contributed by atoms with van der Waals surface area (Å²) in [5.74, 6) is 0.334. The molecule has 1 atom stereocenters. The van der Waals surface area contributed by atoms with Crippen LogP contribution in [0.15, 0.2) is 28.8 Å². The number of urea groups is 1. The van der Waals surface area contributed by atoms with Crippen molar-refractivity contribution >= 4 is 11.7 Å². The second kappa shape index (κ2) is 7.51. The van der Waals surface area contributed by atoms with Crippen LogP contribution in [0.4, 0.5) is 14.9 Å². The molecule has 0 fully saturated rings. The van der Waals surface area contributed by atoms with Gasteiger partial charge in [0.25, 0.3) is 0 Å². The van der Waals surface area contributed by atoms with E-state index in [-0.39, 0.29) is 24.4 Å². The lowest BCUT2D eigenvalue weighted by Crippen LogP contribution is -2.28. The first-order chi connectivity index (χ1) is 10.6. The normalized spacial score (nSPS) is 12.0. The van der Waals surface area contributed by atoms with Crippen molar-refractivity contribution in [1.82, 2.24) is 15.5 Å². The lowest BCUT2D eigenvalue weighted by molar-refractivity contribution is 0.0683. The molecule has 0 saturated heterocycles. The van der Waals surface area contributed by atoms with Gasteiger partial charge in [-0.05, 0) is 38.1 Å². The number of carbonyl (C=O) groups is 1. The average Bonchev–Trinajstić information content (AvgIpc) is 2.97. The van der Waals surface area contributed by atoms with Gasteiger partial charge in [0.1, 0.15) is 11.9 Å². The quantitative estimate of drug-likeness (QED) is 0.856. The number of rotatable bonds is 6. The Balaban J connectivity index is 1.82. The van der Waals surface area contributed by atoms with Gasteiger partial charge < -0.3 is 19.9 Å². The summed E-state index contributed by atoms with van der Waals surface area (Å²) in [5, 5.41) is 8.91. The largest absolute Gasteiger partial charge is 0.371 e. The van der Waals surface area contributed by atoms with E-state index < -0.39 is 6.03 Å². The second-order valence-corrected chi connectivity index (χ2v) is 4.46. The molecule has 1 heterocycles. The van der Waals surface area contributed by atoms with Crippen LogP contribution in [-0.4, -0.2) is 22.8 Å². The minimum atomic E-state index is -0.454. The van der Waals surface area contributed by atoms with E-state index in [1.807, 2.05) is 13.8 Å². The lowest BCUT2D eigenvalue weighted by Gasteiger charge is -2.06. The Hall–Kier alpha value is -2.48. The maximum Gasteiger partial charge on any atom is 0.319 e. The van der Waals surface area contributed by atoms with Crippen molar-refractivity contribution in [2.45, 2.75) is 26.5 Å². The number of ether oxygens (including phenoxy) is 1. The van der Waals surface area contributed by atoms with Crippen LogP contribution in [0.3, 0.4) is 0 Å². The average molecular weight is 308 g/mol. The summed E-state index contributed by atoms with van der Waals surface area (Å²) in [6.45, 7) is 4.31. The first-order valence-electron chi connectivity index (χ1n) is 6.83. The molecule has 8 heteroatoms. The summed E-state index contributed by atoms with van der Waals surface area (Å²) in [6.07, 6.45) is -0.268. The first kappa shape index (κ1) is 15.9. The maximum atomic E-state index is 12.7. The van der Waals surface area contributed by atoms with E-state index in [1.54, 1.807) is 0 Å². The molecule has 1 aromatic heterocycles. The van der Waals surface area contributed by atoms with E-state index in [0.717, 1.165) is 0 Å². The van der Waals surface area contributed by atoms with Crippen LogP contribution in [0.1, 0.15) is 31.7 Å². The summed E-state index contributed by atoms with van der Waals surface area (Å²) in [6, 6.07) is 4.99. The smallest absolute Gasteiger partial charge is 0.319 e. The molecule has 2 aromatic rings. The number of aromatic nitrogens is 2. The molecule has 118 valence electrons. The SMILES string of the molecule is CCO[C@@H](C)c1noc(CNC(=O)Nc2ccc(F)cc2)n1. The van der Waals surface area contributed by atoms with E-state index in [1.165, 1.54) is 24.3 Å². The van der Waals surface area contributed by atoms with Crippen molar-refractivity contribution in [3.63, 3.8) is 0 Å². The number of halogens is 1. The van der Waals surface area contributed by atoms with Gasteiger partial charge in [-0.25, -0.2) is 9.18 Å². The molecule has 2 amide bonds. The van der Waals surface area contributed by atoms with Crippen molar-refractivity contribution in [1.29, 1.82) is 0 Å². The Kier molecular flexibility index (Phi) is 5.42. The number of hydrogen-bond donors (Lipinski definition) is 2. The van der Waals surface area contributed by atoms with Crippen LogP contribution in [0.5, 0.6) is 0 Å². The van der Waals surface area contributed by atoms with Crippen molar-refractivity contribution < 1.29 is 18.4 Å². The zero-order chi connectivity index (χ0) is 15.9. The Morgan fingerprint density at radius 2 is 2.14 bits per heavy atom. The van der Waals surface area contributed by atoms with Crippen molar-refractivity contribution in [2.24, 2.45) is 0 Å². The molecule has 2 rings (SSSR count). The van der Waals surface area contributed by atoms with Crippen molar-refractivity contribution in [3.05, 3.63) is 41.8 Å². The van der Waals surface area contributed by atoms with Crippen LogP contribution in [0, 0.1) is 5.82 Å². The van der Waals surface area contributed by atoms with Gasteiger partial charge in [-0.15, -0.1) is 0 Å². The minimum Gasteiger partial charge on any atom is -0.371 e. The summed E-state index contributed by atoms with van der Waals surface area (Å²) in [4.78, 5) is 15.8. The highest BCUT2D eigenvalue weighted by Crippen LogP contribution is 2.12. The van der Waals surface area contributed by atoms with Gasteiger partial charge in [0.05, 0.1) is 6.54 Å². The fourth-order valence-electron chi connectivity index (χ4n) is 1.69. The van der Waals surface area contributed by atoms with Crippen LogP contribution in [0.25, 0.3) is 0 Å². The zero-order valence-corrected chi connectivity index (χ0v) is 12.3. The molecule has 0 spiro atoms. The minimum absolute atomic E-state index is 0.0822. The number of benzene rings is 1. The van der Waals surface area contributed by atoms with Crippen LogP contribution >= 0.6 is 0 Å². The Bertz CT molecular complexity index is 615. The second-order valence-electron chi connectivity index (χ2n) is 4.46. The van der Waals surface area contributed by atoms with E-state index in [9.17, 15) is 9.18 Å². The van der Waals surface area contributed by atoms with Crippen molar-refractivity contribution in [2.75, 3.05) is 11.9 Å². The van der Waals surface area contributed by atoms with E-state index in [2.05, 4.69) is 20.8 Å². The first-order valence-corrected chi connectivity index (χ1v) is 6.83.